The van der Waals surface area contributed by atoms with Gasteiger partial charge in [-0.05, 0) is 53.0 Å². The molecule has 90 valence electrons. The van der Waals surface area contributed by atoms with E-state index in [4.69, 9.17) is 11.6 Å². The number of thiophene rings is 1. The van der Waals surface area contributed by atoms with Crippen LogP contribution in [-0.2, 0) is 0 Å². The van der Waals surface area contributed by atoms with Crippen molar-refractivity contribution >= 4 is 54.8 Å². The van der Waals surface area contributed by atoms with Crippen LogP contribution in [0.4, 0.5) is 0 Å². The van der Waals surface area contributed by atoms with Crippen molar-refractivity contribution in [2.45, 2.75) is 18.7 Å². The van der Waals surface area contributed by atoms with Crippen LogP contribution in [0.1, 0.15) is 25.7 Å². The van der Waals surface area contributed by atoms with Crippen molar-refractivity contribution in [1.82, 2.24) is 0 Å². The minimum atomic E-state index is 0.189. The second-order valence-corrected chi connectivity index (χ2v) is 7.35. The lowest BCUT2D eigenvalue weighted by Gasteiger charge is -2.13. The normalized spacial score (nSPS) is 12.8. The van der Waals surface area contributed by atoms with Crippen molar-refractivity contribution in [2.24, 2.45) is 0 Å². The van der Waals surface area contributed by atoms with Crippen molar-refractivity contribution in [3.63, 3.8) is 0 Å². The van der Waals surface area contributed by atoms with Gasteiger partial charge in [0.25, 0.3) is 0 Å². The SMILES string of the molecule is Cc1cc(Br)c(C(Br)c2cccc(Cl)c2C)s1. The van der Waals surface area contributed by atoms with E-state index in [9.17, 15) is 0 Å². The fourth-order valence-corrected chi connectivity index (χ4v) is 5.10. The molecule has 4 heteroatoms. The Labute approximate surface area is 127 Å². The summed E-state index contributed by atoms with van der Waals surface area (Å²) in [5, 5.41) is 0.816. The van der Waals surface area contributed by atoms with E-state index < -0.39 is 0 Å². The molecule has 2 aromatic rings. The molecule has 0 bridgehead atoms. The van der Waals surface area contributed by atoms with E-state index in [1.165, 1.54) is 15.3 Å². The predicted molar refractivity (Wildman–Crippen MR) is 83.7 cm³/mol. The first kappa shape index (κ1) is 13.6. The van der Waals surface area contributed by atoms with Gasteiger partial charge in [-0.2, -0.15) is 0 Å². The molecule has 1 unspecified atom stereocenters. The van der Waals surface area contributed by atoms with Gasteiger partial charge in [0.1, 0.15) is 0 Å². The van der Waals surface area contributed by atoms with Crippen LogP contribution in [0, 0.1) is 13.8 Å². The molecule has 0 saturated heterocycles. The van der Waals surface area contributed by atoms with Crippen LogP contribution in [-0.4, -0.2) is 0 Å². The van der Waals surface area contributed by atoms with Crippen molar-refractivity contribution in [3.8, 4) is 0 Å². The average Bonchev–Trinajstić information content (AvgIpc) is 2.61. The molecule has 1 heterocycles. The Bertz CT molecular complexity index is 548. The fourth-order valence-electron chi connectivity index (χ4n) is 1.71. The Balaban J connectivity index is 2.47. The van der Waals surface area contributed by atoms with Crippen LogP contribution in [0.3, 0.4) is 0 Å². The molecule has 17 heavy (non-hydrogen) atoms. The summed E-state index contributed by atoms with van der Waals surface area (Å²) in [5.41, 5.74) is 2.36. The number of hydrogen-bond donors (Lipinski definition) is 0. The van der Waals surface area contributed by atoms with Crippen LogP contribution >= 0.6 is 54.8 Å². The van der Waals surface area contributed by atoms with Crippen molar-refractivity contribution < 1.29 is 0 Å². The summed E-state index contributed by atoms with van der Waals surface area (Å²) >= 11 is 15.3. The largest absolute Gasteiger partial charge is 0.143 e. The summed E-state index contributed by atoms with van der Waals surface area (Å²) in [4.78, 5) is 2.78. The van der Waals surface area contributed by atoms with Gasteiger partial charge in [-0.25, -0.2) is 0 Å². The summed E-state index contributed by atoms with van der Waals surface area (Å²) in [7, 11) is 0. The molecule has 0 saturated carbocycles. The monoisotopic (exact) mass is 392 g/mol. The Morgan fingerprint density at radius 1 is 1.29 bits per heavy atom. The van der Waals surface area contributed by atoms with E-state index in [1.807, 2.05) is 12.1 Å². The third-order valence-corrected chi connectivity index (χ3v) is 6.35. The highest BCUT2D eigenvalue weighted by Crippen LogP contribution is 2.42. The standard InChI is InChI=1S/C13H11Br2ClS/c1-7-6-10(14)13(17-7)12(15)9-4-3-5-11(16)8(9)2/h3-6,12H,1-2H3. The second-order valence-electron chi connectivity index (χ2n) is 3.89. The molecule has 0 amide bonds. The maximum Gasteiger partial charge on any atom is 0.0752 e. The highest BCUT2D eigenvalue weighted by molar-refractivity contribution is 9.11. The Morgan fingerprint density at radius 2 is 2.00 bits per heavy atom. The Hall–Kier alpha value is 0.170. The van der Waals surface area contributed by atoms with Gasteiger partial charge in [0, 0.05) is 19.2 Å². The van der Waals surface area contributed by atoms with Crippen LogP contribution < -0.4 is 0 Å². The van der Waals surface area contributed by atoms with Crippen molar-refractivity contribution in [2.75, 3.05) is 0 Å². The Morgan fingerprint density at radius 3 is 2.59 bits per heavy atom. The van der Waals surface area contributed by atoms with Gasteiger partial charge in [-0.3, -0.25) is 0 Å². The van der Waals surface area contributed by atoms with Gasteiger partial charge >= 0.3 is 0 Å². The fraction of sp³-hybridized carbons (Fsp3) is 0.231. The zero-order valence-corrected chi connectivity index (χ0v) is 14.2. The molecule has 0 nitrogen and oxygen atoms in total. The zero-order chi connectivity index (χ0) is 12.6. The highest BCUT2D eigenvalue weighted by Gasteiger charge is 2.18. The number of alkyl halides is 1. The molecule has 0 radical (unpaired) electrons. The first-order valence-electron chi connectivity index (χ1n) is 5.15. The lowest BCUT2D eigenvalue weighted by molar-refractivity contribution is 1.17. The third-order valence-electron chi connectivity index (χ3n) is 2.65. The Kier molecular flexibility index (Phi) is 4.35. The van der Waals surface area contributed by atoms with Crippen LogP contribution in [0.2, 0.25) is 5.02 Å². The predicted octanol–water partition coefficient (Wildman–Crippen LogP) is 6.27. The molecule has 0 aliphatic rings. The summed E-state index contributed by atoms with van der Waals surface area (Å²) < 4.78 is 1.15. The zero-order valence-electron chi connectivity index (χ0n) is 9.43. The van der Waals surface area contributed by atoms with Gasteiger partial charge in [-0.15, -0.1) is 11.3 Å². The van der Waals surface area contributed by atoms with Gasteiger partial charge < -0.3 is 0 Å². The number of rotatable bonds is 2. The molecule has 1 atom stereocenters. The highest BCUT2D eigenvalue weighted by atomic mass is 79.9. The van der Waals surface area contributed by atoms with E-state index in [1.54, 1.807) is 11.3 Å². The van der Waals surface area contributed by atoms with Crippen LogP contribution in [0.5, 0.6) is 0 Å². The summed E-state index contributed by atoms with van der Waals surface area (Å²) in [6.45, 7) is 4.17. The van der Waals surface area contributed by atoms with Crippen LogP contribution in [0.25, 0.3) is 0 Å². The van der Waals surface area contributed by atoms with Crippen molar-refractivity contribution in [1.29, 1.82) is 0 Å². The van der Waals surface area contributed by atoms with E-state index in [0.717, 1.165) is 15.1 Å². The molecule has 0 aliphatic carbocycles. The molecule has 0 fully saturated rings. The topological polar surface area (TPSA) is 0 Å². The molecule has 0 spiro atoms. The quantitative estimate of drug-likeness (QED) is 0.527. The summed E-state index contributed by atoms with van der Waals surface area (Å²) in [6, 6.07) is 8.18. The van der Waals surface area contributed by atoms with Gasteiger partial charge in [-0.1, -0.05) is 39.7 Å². The van der Waals surface area contributed by atoms with Gasteiger partial charge in [0.05, 0.1) is 4.83 Å². The number of halogens is 3. The second kappa shape index (κ2) is 5.43. The van der Waals surface area contributed by atoms with E-state index in [0.29, 0.717) is 0 Å². The van der Waals surface area contributed by atoms with Crippen LogP contribution in [0.15, 0.2) is 28.7 Å². The first-order valence-corrected chi connectivity index (χ1v) is 8.06. The van der Waals surface area contributed by atoms with Gasteiger partial charge in [0.15, 0.2) is 0 Å². The molecule has 2 rings (SSSR count). The maximum atomic E-state index is 6.16. The first-order chi connectivity index (χ1) is 8.00. The minimum absolute atomic E-state index is 0.189. The number of benzene rings is 1. The van der Waals surface area contributed by atoms with Crippen molar-refractivity contribution in [3.05, 3.63) is 54.6 Å². The molecule has 0 N–H and O–H groups in total. The summed E-state index contributed by atoms with van der Waals surface area (Å²) in [5.74, 6) is 0. The smallest absolute Gasteiger partial charge is 0.0752 e. The molecular weight excluding hydrogens is 383 g/mol. The molecular formula is C13H11Br2ClS. The lowest BCUT2D eigenvalue weighted by Crippen LogP contribution is -1.94. The summed E-state index contributed by atoms with van der Waals surface area (Å²) in [6.07, 6.45) is 0. The van der Waals surface area contributed by atoms with E-state index in [-0.39, 0.29) is 4.83 Å². The van der Waals surface area contributed by atoms with E-state index >= 15 is 0 Å². The average molecular weight is 395 g/mol. The molecule has 1 aromatic heterocycles. The molecule has 1 aromatic carbocycles. The minimum Gasteiger partial charge on any atom is -0.143 e. The number of aryl methyl sites for hydroxylation is 1. The van der Waals surface area contributed by atoms with E-state index in [2.05, 4.69) is 57.8 Å². The molecule has 0 aliphatic heterocycles. The third kappa shape index (κ3) is 2.78. The lowest BCUT2D eigenvalue weighted by atomic mass is 10.1. The maximum absolute atomic E-state index is 6.16. The number of hydrogen-bond acceptors (Lipinski definition) is 1. The van der Waals surface area contributed by atoms with Gasteiger partial charge in [0.2, 0.25) is 0 Å².